The maximum absolute atomic E-state index is 12.1. The number of methoxy groups -OCH3 is 1. The maximum Gasteiger partial charge on any atom is 0.311 e. The quantitative estimate of drug-likeness (QED) is 0.528. The van der Waals surface area contributed by atoms with Crippen molar-refractivity contribution in [1.82, 2.24) is 0 Å². The molecule has 0 spiro atoms. The van der Waals surface area contributed by atoms with E-state index in [1.54, 1.807) is 7.11 Å². The first-order valence-electron chi connectivity index (χ1n) is 7.25. The van der Waals surface area contributed by atoms with Crippen LogP contribution in [0.15, 0.2) is 0 Å². The summed E-state index contributed by atoms with van der Waals surface area (Å²) >= 11 is 0. The molecule has 0 heterocycles. The molecule has 0 unspecified atom stereocenters. The molecule has 0 amide bonds. The fourth-order valence-electron chi connectivity index (χ4n) is 2.31. The van der Waals surface area contributed by atoms with E-state index in [4.69, 9.17) is 14.2 Å². The van der Waals surface area contributed by atoms with Gasteiger partial charge < -0.3 is 14.2 Å². The molecule has 0 aromatic rings. The Morgan fingerprint density at radius 3 is 2.42 bits per heavy atom. The van der Waals surface area contributed by atoms with Gasteiger partial charge in [-0.25, -0.2) is 0 Å². The minimum atomic E-state index is -0.323. The second kappa shape index (κ2) is 7.85. The number of ether oxygens (including phenoxy) is 3. The molecule has 1 aliphatic rings. The normalized spacial score (nSPS) is 27.5. The van der Waals surface area contributed by atoms with Crippen LogP contribution in [0.4, 0.5) is 0 Å². The molecule has 0 atom stereocenters. The smallest absolute Gasteiger partial charge is 0.311 e. The molecule has 0 bridgehead atoms. The van der Waals surface area contributed by atoms with Gasteiger partial charge in [-0.2, -0.15) is 0 Å². The van der Waals surface area contributed by atoms with Crippen molar-refractivity contribution < 1.29 is 19.0 Å². The molecule has 1 aliphatic carbocycles. The van der Waals surface area contributed by atoms with Crippen LogP contribution in [0.25, 0.3) is 0 Å². The zero-order chi connectivity index (χ0) is 14.3. The number of hydrogen-bond donors (Lipinski definition) is 0. The monoisotopic (exact) mass is 272 g/mol. The van der Waals surface area contributed by atoms with Crippen molar-refractivity contribution in [3.8, 4) is 0 Å². The molecule has 0 aliphatic heterocycles. The van der Waals surface area contributed by atoms with Gasteiger partial charge in [0.25, 0.3) is 0 Å². The summed E-state index contributed by atoms with van der Waals surface area (Å²) in [4.78, 5) is 12.1. The van der Waals surface area contributed by atoms with Gasteiger partial charge in [-0.1, -0.05) is 13.8 Å². The largest absolute Gasteiger partial charge is 0.465 e. The van der Waals surface area contributed by atoms with Gasteiger partial charge in [-0.3, -0.25) is 4.79 Å². The summed E-state index contributed by atoms with van der Waals surface area (Å²) in [6.07, 6.45) is 3.82. The van der Waals surface area contributed by atoms with Crippen molar-refractivity contribution in [2.75, 3.05) is 26.9 Å². The maximum atomic E-state index is 12.1. The van der Waals surface area contributed by atoms with E-state index in [9.17, 15) is 4.79 Å². The van der Waals surface area contributed by atoms with Gasteiger partial charge in [0.05, 0.1) is 31.3 Å². The van der Waals surface area contributed by atoms with Crippen LogP contribution in [0.1, 0.15) is 46.5 Å². The number of rotatable bonds is 7. The van der Waals surface area contributed by atoms with E-state index >= 15 is 0 Å². The third-order valence-electron chi connectivity index (χ3n) is 3.72. The fourth-order valence-corrected chi connectivity index (χ4v) is 2.31. The van der Waals surface area contributed by atoms with E-state index in [2.05, 4.69) is 13.8 Å². The molecule has 0 aromatic heterocycles. The van der Waals surface area contributed by atoms with E-state index in [1.165, 1.54) is 0 Å². The van der Waals surface area contributed by atoms with Gasteiger partial charge >= 0.3 is 5.97 Å². The summed E-state index contributed by atoms with van der Waals surface area (Å²) in [5.41, 5.74) is -0.323. The average molecular weight is 272 g/mol. The Morgan fingerprint density at radius 2 is 1.89 bits per heavy atom. The summed E-state index contributed by atoms with van der Waals surface area (Å²) in [5.74, 6) is 0.345. The van der Waals surface area contributed by atoms with Crippen LogP contribution in [-0.2, 0) is 19.0 Å². The second-order valence-electron chi connectivity index (χ2n) is 6.12. The van der Waals surface area contributed by atoms with Crippen LogP contribution in [0, 0.1) is 11.3 Å². The standard InChI is InChI=1S/C15H28O4/c1-12(2)11-19-14(16)15(3)7-5-13(6-8-15)18-10-9-17-4/h12-13H,5-11H2,1-4H3. The predicted octanol–water partition coefficient (Wildman–Crippen LogP) is 2.80. The molecular formula is C15H28O4. The van der Waals surface area contributed by atoms with Crippen LogP contribution < -0.4 is 0 Å². The lowest BCUT2D eigenvalue weighted by atomic mass is 9.74. The van der Waals surface area contributed by atoms with Crippen molar-refractivity contribution in [3.05, 3.63) is 0 Å². The van der Waals surface area contributed by atoms with E-state index in [1.807, 2.05) is 6.92 Å². The average Bonchev–Trinajstić information content (AvgIpc) is 2.38. The molecule has 0 radical (unpaired) electrons. The van der Waals surface area contributed by atoms with E-state index in [0.717, 1.165) is 25.7 Å². The lowest BCUT2D eigenvalue weighted by molar-refractivity contribution is -0.159. The Morgan fingerprint density at radius 1 is 1.26 bits per heavy atom. The first kappa shape index (κ1) is 16.4. The van der Waals surface area contributed by atoms with Crippen molar-refractivity contribution in [2.24, 2.45) is 11.3 Å². The summed E-state index contributed by atoms with van der Waals surface area (Å²) in [5, 5.41) is 0. The van der Waals surface area contributed by atoms with Gasteiger partial charge in [0.1, 0.15) is 0 Å². The third kappa shape index (κ3) is 5.49. The Labute approximate surface area is 116 Å². The highest BCUT2D eigenvalue weighted by molar-refractivity contribution is 5.76. The summed E-state index contributed by atoms with van der Waals surface area (Å²) in [6.45, 7) is 7.90. The summed E-state index contributed by atoms with van der Waals surface area (Å²) in [6, 6.07) is 0. The molecule has 19 heavy (non-hydrogen) atoms. The van der Waals surface area contributed by atoms with Crippen LogP contribution in [0.3, 0.4) is 0 Å². The Hall–Kier alpha value is -0.610. The number of carbonyl (C=O) groups is 1. The molecule has 0 aromatic carbocycles. The highest BCUT2D eigenvalue weighted by atomic mass is 16.5. The minimum Gasteiger partial charge on any atom is -0.465 e. The lowest BCUT2D eigenvalue weighted by Crippen LogP contribution is -2.37. The molecule has 4 heteroatoms. The van der Waals surface area contributed by atoms with Gasteiger partial charge in [-0.05, 0) is 38.5 Å². The first-order chi connectivity index (χ1) is 8.98. The SMILES string of the molecule is COCCOC1CCC(C)(C(=O)OCC(C)C)CC1. The zero-order valence-corrected chi connectivity index (χ0v) is 12.7. The molecule has 1 saturated carbocycles. The van der Waals surface area contributed by atoms with Crippen molar-refractivity contribution >= 4 is 5.97 Å². The molecule has 0 saturated heterocycles. The van der Waals surface area contributed by atoms with E-state index < -0.39 is 0 Å². The fraction of sp³-hybridized carbons (Fsp3) is 0.933. The molecule has 4 nitrogen and oxygen atoms in total. The zero-order valence-electron chi connectivity index (χ0n) is 12.7. The molecular weight excluding hydrogens is 244 g/mol. The molecule has 0 N–H and O–H groups in total. The van der Waals surface area contributed by atoms with Crippen LogP contribution >= 0.6 is 0 Å². The van der Waals surface area contributed by atoms with Crippen molar-refractivity contribution in [3.63, 3.8) is 0 Å². The van der Waals surface area contributed by atoms with Crippen LogP contribution in [0.2, 0.25) is 0 Å². The number of hydrogen-bond acceptors (Lipinski definition) is 4. The number of esters is 1. The van der Waals surface area contributed by atoms with Crippen molar-refractivity contribution in [2.45, 2.75) is 52.6 Å². The van der Waals surface area contributed by atoms with Crippen molar-refractivity contribution in [1.29, 1.82) is 0 Å². The van der Waals surface area contributed by atoms with Gasteiger partial charge in [-0.15, -0.1) is 0 Å². The Balaban J connectivity index is 2.31. The molecule has 1 fully saturated rings. The lowest BCUT2D eigenvalue weighted by Gasteiger charge is -2.35. The van der Waals surface area contributed by atoms with Crippen LogP contribution in [-0.4, -0.2) is 39.0 Å². The summed E-state index contributed by atoms with van der Waals surface area (Å²) in [7, 11) is 1.67. The molecule has 112 valence electrons. The van der Waals surface area contributed by atoms with Gasteiger partial charge in [0.2, 0.25) is 0 Å². The topological polar surface area (TPSA) is 44.8 Å². The van der Waals surface area contributed by atoms with Gasteiger partial charge in [0.15, 0.2) is 0 Å². The third-order valence-corrected chi connectivity index (χ3v) is 3.72. The van der Waals surface area contributed by atoms with E-state index in [0.29, 0.717) is 25.7 Å². The highest BCUT2D eigenvalue weighted by Gasteiger charge is 2.39. The molecule has 1 rings (SSSR count). The second-order valence-corrected chi connectivity index (χ2v) is 6.12. The van der Waals surface area contributed by atoms with Crippen LogP contribution in [0.5, 0.6) is 0 Å². The highest BCUT2D eigenvalue weighted by Crippen LogP contribution is 2.38. The van der Waals surface area contributed by atoms with E-state index in [-0.39, 0.29) is 17.5 Å². The minimum absolute atomic E-state index is 0.0449. The summed E-state index contributed by atoms with van der Waals surface area (Å²) < 4.78 is 16.1. The Kier molecular flexibility index (Phi) is 6.80. The predicted molar refractivity (Wildman–Crippen MR) is 74.0 cm³/mol. The van der Waals surface area contributed by atoms with Gasteiger partial charge in [0, 0.05) is 7.11 Å². The first-order valence-corrected chi connectivity index (χ1v) is 7.25. The number of carbonyl (C=O) groups excluding carboxylic acids is 1. The Bertz CT molecular complexity index is 267.